The van der Waals surface area contributed by atoms with Gasteiger partial charge in [-0.25, -0.2) is 0 Å². The Bertz CT molecular complexity index is 264. The van der Waals surface area contributed by atoms with Gasteiger partial charge in [0.25, 0.3) is 0 Å². The molecule has 1 saturated heterocycles. The van der Waals surface area contributed by atoms with E-state index in [1.165, 1.54) is 12.8 Å². The number of ether oxygens (including phenoxy) is 3. The van der Waals surface area contributed by atoms with Gasteiger partial charge in [0.15, 0.2) is 0 Å². The second kappa shape index (κ2) is 4.47. The fourth-order valence-electron chi connectivity index (χ4n) is 3.32. The lowest BCUT2D eigenvalue weighted by Gasteiger charge is -2.35. The zero-order valence-corrected chi connectivity index (χ0v) is 9.69. The van der Waals surface area contributed by atoms with Gasteiger partial charge < -0.3 is 14.2 Å². The average molecular weight is 224 g/mol. The standard InChI is InChI=1S/C13H20O3/c1-2-12-7-11(1)8-13(12)9-15-5-3-14-4-6-16-10-13/h1-2,11-12H,3-10H2. The van der Waals surface area contributed by atoms with E-state index in [0.717, 1.165) is 32.3 Å². The van der Waals surface area contributed by atoms with Gasteiger partial charge in [0, 0.05) is 5.41 Å². The van der Waals surface area contributed by atoms with Gasteiger partial charge in [0.2, 0.25) is 0 Å². The molecule has 16 heavy (non-hydrogen) atoms. The molecule has 0 aromatic heterocycles. The predicted molar refractivity (Wildman–Crippen MR) is 60.2 cm³/mol. The summed E-state index contributed by atoms with van der Waals surface area (Å²) in [5.41, 5.74) is 0.261. The van der Waals surface area contributed by atoms with Crippen LogP contribution in [0.25, 0.3) is 0 Å². The lowest BCUT2D eigenvalue weighted by atomic mass is 9.77. The van der Waals surface area contributed by atoms with E-state index in [2.05, 4.69) is 12.2 Å². The van der Waals surface area contributed by atoms with Gasteiger partial charge in [-0.2, -0.15) is 0 Å². The van der Waals surface area contributed by atoms with Crippen LogP contribution in [0.15, 0.2) is 12.2 Å². The van der Waals surface area contributed by atoms with Crippen LogP contribution in [0.2, 0.25) is 0 Å². The lowest BCUT2D eigenvalue weighted by molar-refractivity contribution is -0.0788. The molecule has 0 amide bonds. The molecule has 2 aliphatic carbocycles. The SMILES string of the molecule is C1=CC2CC1CC21COCCOCCOC1. The molecular formula is C13H20O3. The van der Waals surface area contributed by atoms with Crippen molar-refractivity contribution in [3.05, 3.63) is 12.2 Å². The van der Waals surface area contributed by atoms with Gasteiger partial charge in [-0.1, -0.05) is 12.2 Å². The minimum absolute atomic E-state index is 0.261. The number of allylic oxidation sites excluding steroid dienone is 2. The summed E-state index contributed by atoms with van der Waals surface area (Å²) in [4.78, 5) is 0. The van der Waals surface area contributed by atoms with Crippen molar-refractivity contribution < 1.29 is 14.2 Å². The van der Waals surface area contributed by atoms with Crippen molar-refractivity contribution in [3.8, 4) is 0 Å². The van der Waals surface area contributed by atoms with Crippen LogP contribution in [0.3, 0.4) is 0 Å². The first-order chi connectivity index (χ1) is 7.89. The molecule has 0 aromatic carbocycles. The third-order valence-electron chi connectivity index (χ3n) is 4.15. The second-order valence-corrected chi connectivity index (χ2v) is 5.27. The van der Waals surface area contributed by atoms with Gasteiger partial charge in [0.05, 0.1) is 39.6 Å². The number of rotatable bonds is 0. The highest BCUT2D eigenvalue weighted by Crippen LogP contribution is 2.52. The molecule has 2 fully saturated rings. The molecule has 3 nitrogen and oxygen atoms in total. The molecule has 90 valence electrons. The van der Waals surface area contributed by atoms with Crippen LogP contribution >= 0.6 is 0 Å². The number of fused-ring (bicyclic) bond motifs is 3. The first kappa shape index (κ1) is 10.8. The predicted octanol–water partition coefficient (Wildman–Crippen LogP) is 1.63. The third kappa shape index (κ3) is 1.92. The van der Waals surface area contributed by atoms with E-state index >= 15 is 0 Å². The third-order valence-corrected chi connectivity index (χ3v) is 4.15. The van der Waals surface area contributed by atoms with Gasteiger partial charge >= 0.3 is 0 Å². The molecule has 3 rings (SSSR count). The Labute approximate surface area is 96.8 Å². The molecule has 1 aliphatic heterocycles. The molecule has 0 N–H and O–H groups in total. The van der Waals surface area contributed by atoms with E-state index < -0.39 is 0 Å². The van der Waals surface area contributed by atoms with E-state index in [-0.39, 0.29) is 5.41 Å². The second-order valence-electron chi connectivity index (χ2n) is 5.27. The fourth-order valence-corrected chi connectivity index (χ4v) is 3.32. The minimum Gasteiger partial charge on any atom is -0.378 e. The smallest absolute Gasteiger partial charge is 0.0701 e. The molecule has 2 bridgehead atoms. The average Bonchev–Trinajstić information content (AvgIpc) is 2.88. The Balaban J connectivity index is 1.68. The van der Waals surface area contributed by atoms with Crippen LogP contribution in [0.4, 0.5) is 0 Å². The fraction of sp³-hybridized carbons (Fsp3) is 0.846. The maximum atomic E-state index is 5.76. The van der Waals surface area contributed by atoms with Crippen LogP contribution < -0.4 is 0 Å². The lowest BCUT2D eigenvalue weighted by Crippen LogP contribution is -2.38. The van der Waals surface area contributed by atoms with Crippen molar-refractivity contribution in [2.75, 3.05) is 39.6 Å². The van der Waals surface area contributed by atoms with Gasteiger partial charge in [-0.15, -0.1) is 0 Å². The molecule has 3 aliphatic rings. The van der Waals surface area contributed by atoms with E-state index in [9.17, 15) is 0 Å². The highest BCUT2D eigenvalue weighted by molar-refractivity contribution is 5.15. The molecule has 0 aromatic rings. The summed E-state index contributed by atoms with van der Waals surface area (Å²) in [6, 6.07) is 0. The first-order valence-corrected chi connectivity index (χ1v) is 6.31. The Hall–Kier alpha value is -0.380. The van der Waals surface area contributed by atoms with E-state index in [1.54, 1.807) is 0 Å². The highest BCUT2D eigenvalue weighted by Gasteiger charge is 2.48. The molecular weight excluding hydrogens is 204 g/mol. The van der Waals surface area contributed by atoms with E-state index in [1.807, 2.05) is 0 Å². The molecule has 2 unspecified atom stereocenters. The van der Waals surface area contributed by atoms with Gasteiger partial charge in [-0.05, 0) is 24.7 Å². The van der Waals surface area contributed by atoms with Crippen molar-refractivity contribution in [3.63, 3.8) is 0 Å². The summed E-state index contributed by atoms with van der Waals surface area (Å²) in [5.74, 6) is 1.45. The first-order valence-electron chi connectivity index (χ1n) is 6.31. The quantitative estimate of drug-likeness (QED) is 0.585. The largest absolute Gasteiger partial charge is 0.378 e. The summed E-state index contributed by atoms with van der Waals surface area (Å²) in [5, 5.41) is 0. The summed E-state index contributed by atoms with van der Waals surface area (Å²) in [6.45, 7) is 4.52. The zero-order valence-electron chi connectivity index (χ0n) is 9.69. The van der Waals surface area contributed by atoms with Crippen molar-refractivity contribution in [2.45, 2.75) is 12.8 Å². The Morgan fingerprint density at radius 2 is 1.56 bits per heavy atom. The minimum atomic E-state index is 0.261. The normalized spacial score (nSPS) is 38.0. The molecule has 1 heterocycles. The van der Waals surface area contributed by atoms with E-state index in [4.69, 9.17) is 14.2 Å². The molecule has 1 spiro atoms. The van der Waals surface area contributed by atoms with Crippen LogP contribution in [-0.2, 0) is 14.2 Å². The maximum Gasteiger partial charge on any atom is 0.0701 e. The van der Waals surface area contributed by atoms with Crippen molar-refractivity contribution in [1.82, 2.24) is 0 Å². The van der Waals surface area contributed by atoms with Crippen LogP contribution in [-0.4, -0.2) is 39.6 Å². The van der Waals surface area contributed by atoms with Crippen molar-refractivity contribution in [2.24, 2.45) is 17.3 Å². The monoisotopic (exact) mass is 224 g/mol. The maximum absolute atomic E-state index is 5.76. The van der Waals surface area contributed by atoms with Crippen molar-refractivity contribution in [1.29, 1.82) is 0 Å². The Morgan fingerprint density at radius 3 is 2.12 bits per heavy atom. The number of hydrogen-bond acceptors (Lipinski definition) is 3. The van der Waals surface area contributed by atoms with Crippen LogP contribution in [0.5, 0.6) is 0 Å². The van der Waals surface area contributed by atoms with E-state index in [0.29, 0.717) is 19.1 Å². The topological polar surface area (TPSA) is 27.7 Å². The van der Waals surface area contributed by atoms with Gasteiger partial charge in [-0.3, -0.25) is 0 Å². The molecule has 2 atom stereocenters. The molecule has 1 saturated carbocycles. The van der Waals surface area contributed by atoms with Crippen LogP contribution in [0.1, 0.15) is 12.8 Å². The Morgan fingerprint density at radius 1 is 0.875 bits per heavy atom. The van der Waals surface area contributed by atoms with Crippen molar-refractivity contribution >= 4 is 0 Å². The Kier molecular flexibility index (Phi) is 3.01. The molecule has 0 radical (unpaired) electrons. The zero-order chi connectivity index (χ0) is 10.8. The molecule has 3 heteroatoms. The highest BCUT2D eigenvalue weighted by atomic mass is 16.5. The van der Waals surface area contributed by atoms with Gasteiger partial charge in [0.1, 0.15) is 0 Å². The summed E-state index contributed by atoms with van der Waals surface area (Å²) in [6.07, 6.45) is 7.30. The number of hydrogen-bond donors (Lipinski definition) is 0. The summed E-state index contributed by atoms with van der Waals surface area (Å²) < 4.78 is 16.9. The van der Waals surface area contributed by atoms with Crippen LogP contribution in [0, 0.1) is 17.3 Å². The summed E-state index contributed by atoms with van der Waals surface area (Å²) >= 11 is 0. The summed E-state index contributed by atoms with van der Waals surface area (Å²) in [7, 11) is 0.